The van der Waals surface area contributed by atoms with Gasteiger partial charge in [-0.15, -0.1) is 0 Å². The van der Waals surface area contributed by atoms with Crippen LogP contribution in [-0.4, -0.2) is 47.4 Å². The van der Waals surface area contributed by atoms with Crippen molar-refractivity contribution in [2.45, 2.75) is 25.2 Å². The van der Waals surface area contributed by atoms with Crippen LogP contribution in [0, 0.1) is 0 Å². The molecule has 1 aliphatic rings. The first-order valence-electron chi connectivity index (χ1n) is 6.27. The monoisotopic (exact) mass is 279 g/mol. The molecule has 0 bridgehead atoms. The SMILES string of the molecule is COC(=O)C1(O)CN(C(=O)OCc2ccccc2)[C@H]1C. The van der Waals surface area contributed by atoms with Gasteiger partial charge in [0.1, 0.15) is 6.61 Å². The Kier molecular flexibility index (Phi) is 3.94. The predicted octanol–water partition coefficient (Wildman–Crippen LogP) is 0.931. The summed E-state index contributed by atoms with van der Waals surface area (Å²) in [6.45, 7) is 1.61. The highest BCUT2D eigenvalue weighted by atomic mass is 16.6. The molecule has 6 nitrogen and oxygen atoms in total. The van der Waals surface area contributed by atoms with E-state index in [9.17, 15) is 14.7 Å². The standard InChI is InChI=1S/C14H17NO5/c1-10-14(18,12(16)19-2)9-15(10)13(17)20-8-11-6-4-3-5-7-11/h3-7,10,18H,8-9H2,1-2H3/t10-,14?/m0/s1. The summed E-state index contributed by atoms with van der Waals surface area (Å²) < 4.78 is 9.65. The van der Waals surface area contributed by atoms with Crippen LogP contribution < -0.4 is 0 Å². The fraction of sp³-hybridized carbons (Fsp3) is 0.429. The number of carbonyl (C=O) groups is 2. The third kappa shape index (κ3) is 2.46. The van der Waals surface area contributed by atoms with E-state index >= 15 is 0 Å². The molecule has 1 unspecified atom stereocenters. The Morgan fingerprint density at radius 2 is 2.05 bits per heavy atom. The van der Waals surface area contributed by atoms with Crippen molar-refractivity contribution in [2.75, 3.05) is 13.7 Å². The molecule has 1 heterocycles. The number of nitrogens with zero attached hydrogens (tertiary/aromatic N) is 1. The van der Waals surface area contributed by atoms with E-state index in [0.717, 1.165) is 5.56 Å². The topological polar surface area (TPSA) is 76.1 Å². The van der Waals surface area contributed by atoms with Gasteiger partial charge in [0.25, 0.3) is 0 Å². The molecule has 1 amide bonds. The zero-order valence-corrected chi connectivity index (χ0v) is 11.4. The number of methoxy groups -OCH3 is 1. The van der Waals surface area contributed by atoms with Crippen LogP contribution in [0.15, 0.2) is 30.3 Å². The van der Waals surface area contributed by atoms with Crippen LogP contribution >= 0.6 is 0 Å². The van der Waals surface area contributed by atoms with Gasteiger partial charge in [0.15, 0.2) is 5.60 Å². The molecule has 2 atom stereocenters. The number of benzene rings is 1. The highest BCUT2D eigenvalue weighted by Crippen LogP contribution is 2.31. The maximum absolute atomic E-state index is 11.8. The van der Waals surface area contributed by atoms with Gasteiger partial charge in [0.2, 0.25) is 0 Å². The van der Waals surface area contributed by atoms with E-state index in [1.807, 2.05) is 30.3 Å². The van der Waals surface area contributed by atoms with Gasteiger partial charge >= 0.3 is 12.1 Å². The number of esters is 1. The van der Waals surface area contributed by atoms with E-state index in [0.29, 0.717) is 0 Å². The highest BCUT2D eigenvalue weighted by Gasteiger charge is 2.58. The van der Waals surface area contributed by atoms with Crippen molar-refractivity contribution in [3.8, 4) is 0 Å². The van der Waals surface area contributed by atoms with Gasteiger partial charge in [0, 0.05) is 0 Å². The molecule has 0 aliphatic carbocycles. The first-order chi connectivity index (χ1) is 9.49. The Balaban J connectivity index is 1.88. The van der Waals surface area contributed by atoms with Crippen molar-refractivity contribution in [3.63, 3.8) is 0 Å². The number of amides is 1. The second kappa shape index (κ2) is 5.50. The molecule has 1 aromatic carbocycles. The van der Waals surface area contributed by atoms with Crippen LogP contribution in [0.1, 0.15) is 12.5 Å². The lowest BCUT2D eigenvalue weighted by molar-refractivity contribution is -0.190. The number of carbonyl (C=O) groups excluding carboxylic acids is 2. The van der Waals surface area contributed by atoms with Crippen molar-refractivity contribution < 1.29 is 24.2 Å². The summed E-state index contributed by atoms with van der Waals surface area (Å²) in [6, 6.07) is 8.60. The van der Waals surface area contributed by atoms with Gasteiger partial charge in [-0.1, -0.05) is 30.3 Å². The number of rotatable bonds is 3. The minimum Gasteiger partial charge on any atom is -0.467 e. The average Bonchev–Trinajstić information content (AvgIpc) is 2.49. The van der Waals surface area contributed by atoms with E-state index in [1.165, 1.54) is 12.0 Å². The lowest BCUT2D eigenvalue weighted by Crippen LogP contribution is -2.73. The molecular formula is C14H17NO5. The number of β-amino-alcohol motifs (C(OH)–C–C–N with tert-alkyl or cyclic N) is 1. The van der Waals surface area contributed by atoms with Crippen molar-refractivity contribution in [3.05, 3.63) is 35.9 Å². The van der Waals surface area contributed by atoms with Gasteiger partial charge in [-0.2, -0.15) is 0 Å². The lowest BCUT2D eigenvalue weighted by atomic mass is 9.85. The first-order valence-corrected chi connectivity index (χ1v) is 6.27. The van der Waals surface area contributed by atoms with Crippen LogP contribution in [-0.2, 0) is 20.9 Å². The van der Waals surface area contributed by atoms with Crippen LogP contribution in [0.25, 0.3) is 0 Å². The maximum atomic E-state index is 11.8. The molecule has 0 spiro atoms. The zero-order valence-electron chi connectivity index (χ0n) is 11.4. The van der Waals surface area contributed by atoms with Crippen molar-refractivity contribution in [1.82, 2.24) is 4.90 Å². The van der Waals surface area contributed by atoms with Crippen LogP contribution in [0.4, 0.5) is 4.79 Å². The number of hydrogen-bond acceptors (Lipinski definition) is 5. The van der Waals surface area contributed by atoms with E-state index in [-0.39, 0.29) is 13.2 Å². The van der Waals surface area contributed by atoms with E-state index < -0.39 is 23.7 Å². The Morgan fingerprint density at radius 1 is 1.40 bits per heavy atom. The fourth-order valence-corrected chi connectivity index (χ4v) is 2.11. The Labute approximate surface area is 116 Å². The number of ether oxygens (including phenoxy) is 2. The third-order valence-electron chi connectivity index (χ3n) is 3.55. The van der Waals surface area contributed by atoms with Gasteiger partial charge in [-0.3, -0.25) is 4.90 Å². The molecule has 2 rings (SSSR count). The molecule has 20 heavy (non-hydrogen) atoms. The fourth-order valence-electron chi connectivity index (χ4n) is 2.11. The summed E-state index contributed by atoms with van der Waals surface area (Å²) in [4.78, 5) is 24.6. The zero-order chi connectivity index (χ0) is 14.8. The summed E-state index contributed by atoms with van der Waals surface area (Å²) >= 11 is 0. The van der Waals surface area contributed by atoms with E-state index in [2.05, 4.69) is 4.74 Å². The Bertz CT molecular complexity index is 504. The minimum atomic E-state index is -1.64. The van der Waals surface area contributed by atoms with Crippen molar-refractivity contribution in [1.29, 1.82) is 0 Å². The maximum Gasteiger partial charge on any atom is 0.410 e. The van der Waals surface area contributed by atoms with Gasteiger partial charge in [0.05, 0.1) is 19.7 Å². The number of aliphatic hydroxyl groups is 1. The minimum absolute atomic E-state index is 0.117. The lowest BCUT2D eigenvalue weighted by Gasteiger charge is -2.49. The molecule has 1 aromatic rings. The summed E-state index contributed by atoms with van der Waals surface area (Å²) in [5.41, 5.74) is -0.766. The van der Waals surface area contributed by atoms with E-state index in [4.69, 9.17) is 4.74 Å². The summed E-state index contributed by atoms with van der Waals surface area (Å²) in [5, 5.41) is 10.0. The summed E-state index contributed by atoms with van der Waals surface area (Å²) in [7, 11) is 1.20. The third-order valence-corrected chi connectivity index (χ3v) is 3.55. The quantitative estimate of drug-likeness (QED) is 0.833. The molecule has 0 radical (unpaired) electrons. The normalized spacial score (nSPS) is 24.8. The molecule has 1 fully saturated rings. The van der Waals surface area contributed by atoms with Crippen LogP contribution in [0.3, 0.4) is 0 Å². The largest absolute Gasteiger partial charge is 0.467 e. The number of hydrogen-bond donors (Lipinski definition) is 1. The molecule has 108 valence electrons. The number of likely N-dealkylation sites (tertiary alicyclic amines) is 1. The van der Waals surface area contributed by atoms with E-state index in [1.54, 1.807) is 6.92 Å². The first kappa shape index (κ1) is 14.3. The molecule has 6 heteroatoms. The van der Waals surface area contributed by atoms with Gasteiger partial charge in [-0.05, 0) is 12.5 Å². The highest BCUT2D eigenvalue weighted by molar-refractivity contribution is 5.85. The second-order valence-electron chi connectivity index (χ2n) is 4.76. The molecule has 1 saturated heterocycles. The van der Waals surface area contributed by atoms with Gasteiger partial charge in [-0.25, -0.2) is 9.59 Å². The Morgan fingerprint density at radius 3 is 2.60 bits per heavy atom. The summed E-state index contributed by atoms with van der Waals surface area (Å²) in [6.07, 6.45) is -0.560. The van der Waals surface area contributed by atoms with Crippen molar-refractivity contribution in [2.24, 2.45) is 0 Å². The predicted molar refractivity (Wildman–Crippen MR) is 69.8 cm³/mol. The van der Waals surface area contributed by atoms with Crippen molar-refractivity contribution >= 4 is 12.1 Å². The second-order valence-corrected chi connectivity index (χ2v) is 4.76. The summed E-state index contributed by atoms with van der Waals surface area (Å²) in [5.74, 6) is -0.739. The van der Waals surface area contributed by atoms with Crippen LogP contribution in [0.5, 0.6) is 0 Å². The molecule has 0 aromatic heterocycles. The molecule has 1 aliphatic heterocycles. The average molecular weight is 279 g/mol. The molecule has 0 saturated carbocycles. The smallest absolute Gasteiger partial charge is 0.410 e. The van der Waals surface area contributed by atoms with Crippen LogP contribution in [0.2, 0.25) is 0 Å². The molecular weight excluding hydrogens is 262 g/mol. The molecule has 1 N–H and O–H groups in total. The van der Waals surface area contributed by atoms with Gasteiger partial charge < -0.3 is 14.6 Å². The Hall–Kier alpha value is -2.08.